The number of quaternary nitrogens is 1. The van der Waals surface area contributed by atoms with Gasteiger partial charge in [0.2, 0.25) is 0 Å². The minimum absolute atomic E-state index is 0.702. The highest BCUT2D eigenvalue weighted by molar-refractivity contribution is 9.10. The molecule has 1 fully saturated rings. The van der Waals surface area contributed by atoms with Gasteiger partial charge in [-0.1, -0.05) is 35.0 Å². The van der Waals surface area contributed by atoms with E-state index in [-0.39, 0.29) is 0 Å². The van der Waals surface area contributed by atoms with Gasteiger partial charge in [0.05, 0.1) is 25.4 Å². The number of nitrogens with one attached hydrogen (secondary N) is 1. The zero-order valence-electron chi connectivity index (χ0n) is 11.5. The van der Waals surface area contributed by atoms with Crippen molar-refractivity contribution in [1.29, 1.82) is 0 Å². The first-order valence-corrected chi connectivity index (χ1v) is 7.83. The Kier molecular flexibility index (Phi) is 5.39. The highest BCUT2D eigenvalue weighted by atomic mass is 79.9. The largest absolute Gasteiger partial charge is 0.385 e. The van der Waals surface area contributed by atoms with Crippen LogP contribution in [0, 0.1) is 0 Å². The van der Waals surface area contributed by atoms with Gasteiger partial charge < -0.3 is 14.7 Å². The highest BCUT2D eigenvalue weighted by Crippen LogP contribution is 2.29. The van der Waals surface area contributed by atoms with E-state index in [4.69, 9.17) is 4.74 Å². The monoisotopic (exact) mass is 328 g/mol. The number of benzene rings is 1. The van der Waals surface area contributed by atoms with Crippen LogP contribution in [0.3, 0.4) is 0 Å². The molecule has 0 aromatic heterocycles. The van der Waals surface area contributed by atoms with Crippen molar-refractivity contribution in [3.63, 3.8) is 0 Å². The first-order chi connectivity index (χ1) is 9.14. The Labute approximate surface area is 123 Å². The lowest BCUT2D eigenvalue weighted by Crippen LogP contribution is -3.14. The van der Waals surface area contributed by atoms with E-state index in [0.717, 1.165) is 55.7 Å². The predicted molar refractivity (Wildman–Crippen MR) is 79.3 cm³/mol. The van der Waals surface area contributed by atoms with Crippen LogP contribution in [0.1, 0.15) is 25.3 Å². The summed E-state index contributed by atoms with van der Waals surface area (Å²) >= 11 is 3.44. The fourth-order valence-electron chi connectivity index (χ4n) is 2.58. The van der Waals surface area contributed by atoms with Crippen molar-refractivity contribution in [2.24, 2.45) is 0 Å². The van der Waals surface area contributed by atoms with Crippen LogP contribution in [-0.2, 0) is 10.3 Å². The Bertz CT molecular complexity index is 390. The Balaban J connectivity index is 1.98. The average Bonchev–Trinajstić information content (AvgIpc) is 2.46. The Morgan fingerprint density at radius 2 is 1.89 bits per heavy atom. The van der Waals surface area contributed by atoms with E-state index < -0.39 is 5.60 Å². The molecule has 4 heteroatoms. The van der Waals surface area contributed by atoms with Gasteiger partial charge >= 0.3 is 0 Å². The molecule has 3 nitrogen and oxygen atoms in total. The van der Waals surface area contributed by atoms with Gasteiger partial charge in [-0.3, -0.25) is 0 Å². The maximum absolute atomic E-state index is 10.9. The molecule has 1 saturated heterocycles. The van der Waals surface area contributed by atoms with Gasteiger partial charge in [-0.25, -0.2) is 0 Å². The van der Waals surface area contributed by atoms with Crippen LogP contribution in [0.25, 0.3) is 0 Å². The van der Waals surface area contributed by atoms with Crippen molar-refractivity contribution < 1.29 is 14.7 Å². The molecule has 1 aromatic rings. The molecule has 0 radical (unpaired) electrons. The minimum Gasteiger partial charge on any atom is -0.385 e. The Morgan fingerprint density at radius 1 is 1.26 bits per heavy atom. The zero-order chi connectivity index (χ0) is 13.7. The van der Waals surface area contributed by atoms with Crippen LogP contribution in [0.2, 0.25) is 0 Å². The zero-order valence-corrected chi connectivity index (χ0v) is 13.1. The van der Waals surface area contributed by atoms with Crippen LogP contribution in [0.4, 0.5) is 0 Å². The molecule has 19 heavy (non-hydrogen) atoms. The number of hydrogen-bond donors (Lipinski definition) is 2. The third-order valence-electron chi connectivity index (χ3n) is 4.06. The first-order valence-electron chi connectivity index (χ1n) is 7.04. The molecule has 2 rings (SSSR count). The second-order valence-electron chi connectivity index (χ2n) is 5.25. The molecule has 1 aliphatic rings. The number of aliphatic hydroxyl groups is 1. The molecule has 106 valence electrons. The van der Waals surface area contributed by atoms with Crippen LogP contribution < -0.4 is 4.90 Å². The van der Waals surface area contributed by atoms with Crippen molar-refractivity contribution in [3.8, 4) is 0 Å². The van der Waals surface area contributed by atoms with Crippen LogP contribution in [0.5, 0.6) is 0 Å². The van der Waals surface area contributed by atoms with Gasteiger partial charge in [0.15, 0.2) is 0 Å². The van der Waals surface area contributed by atoms with E-state index in [1.54, 1.807) is 0 Å². The summed E-state index contributed by atoms with van der Waals surface area (Å²) in [7, 11) is 0. The molecule has 1 heterocycles. The average molecular weight is 329 g/mol. The lowest BCUT2D eigenvalue weighted by atomic mass is 9.88. The molecule has 0 bridgehead atoms. The molecule has 2 N–H and O–H groups in total. The van der Waals surface area contributed by atoms with Gasteiger partial charge in [0.1, 0.15) is 13.1 Å². The summed E-state index contributed by atoms with van der Waals surface area (Å²) in [5, 5.41) is 10.9. The van der Waals surface area contributed by atoms with Crippen molar-refractivity contribution in [2.45, 2.75) is 25.4 Å². The highest BCUT2D eigenvalue weighted by Gasteiger charge is 2.29. The third-order valence-corrected chi connectivity index (χ3v) is 4.59. The summed E-state index contributed by atoms with van der Waals surface area (Å²) in [5.74, 6) is 0. The van der Waals surface area contributed by atoms with E-state index in [1.807, 2.05) is 24.3 Å². The number of rotatable bonds is 5. The second kappa shape index (κ2) is 6.84. The SMILES string of the molecule is CC[C@@](O)(CC[NH+]1CCOCC1)c1ccc(Br)cc1. The van der Waals surface area contributed by atoms with Crippen molar-refractivity contribution in [2.75, 3.05) is 32.8 Å². The smallest absolute Gasteiger partial charge is 0.101 e. The van der Waals surface area contributed by atoms with Gasteiger partial charge in [-0.15, -0.1) is 0 Å². The standard InChI is InChI=1S/C15H22BrNO2/c1-2-15(18,13-3-5-14(16)6-4-13)7-8-17-9-11-19-12-10-17/h3-6,18H,2,7-12H2,1H3/p+1/t15-/m1/s1. The normalized spacial score (nSPS) is 20.2. The fraction of sp³-hybridized carbons (Fsp3) is 0.600. The third kappa shape index (κ3) is 4.02. The number of hydrogen-bond acceptors (Lipinski definition) is 2. The van der Waals surface area contributed by atoms with E-state index in [1.165, 1.54) is 4.90 Å². The molecular weight excluding hydrogens is 306 g/mol. The molecule has 1 aliphatic heterocycles. The fourth-order valence-corrected chi connectivity index (χ4v) is 2.84. The maximum atomic E-state index is 10.9. The molecular formula is C15H23BrNO2+. The first kappa shape index (κ1) is 15.0. The van der Waals surface area contributed by atoms with Crippen molar-refractivity contribution in [1.82, 2.24) is 0 Å². The Morgan fingerprint density at radius 3 is 2.47 bits per heavy atom. The van der Waals surface area contributed by atoms with Crippen molar-refractivity contribution >= 4 is 15.9 Å². The summed E-state index contributed by atoms with van der Waals surface area (Å²) < 4.78 is 6.42. The lowest BCUT2D eigenvalue weighted by molar-refractivity contribution is -0.909. The van der Waals surface area contributed by atoms with E-state index in [2.05, 4.69) is 22.9 Å². The summed E-state index contributed by atoms with van der Waals surface area (Å²) in [6, 6.07) is 8.03. The van der Waals surface area contributed by atoms with E-state index in [9.17, 15) is 5.11 Å². The summed E-state index contributed by atoms with van der Waals surface area (Å²) in [5.41, 5.74) is 0.317. The molecule has 0 amide bonds. The van der Waals surface area contributed by atoms with Gasteiger partial charge in [-0.05, 0) is 24.1 Å². The predicted octanol–water partition coefficient (Wildman–Crippen LogP) is 1.35. The molecule has 1 atom stereocenters. The van der Waals surface area contributed by atoms with Gasteiger partial charge in [0, 0.05) is 10.9 Å². The minimum atomic E-state index is -0.702. The second-order valence-corrected chi connectivity index (χ2v) is 6.17. The Hall–Kier alpha value is -0.420. The summed E-state index contributed by atoms with van der Waals surface area (Å²) in [6.07, 6.45) is 1.55. The van der Waals surface area contributed by atoms with E-state index in [0.29, 0.717) is 0 Å². The topological polar surface area (TPSA) is 33.9 Å². The molecule has 0 spiro atoms. The number of halogens is 1. The summed E-state index contributed by atoms with van der Waals surface area (Å²) in [6.45, 7) is 6.86. The molecule has 0 saturated carbocycles. The molecule has 0 aliphatic carbocycles. The molecule has 1 aromatic carbocycles. The van der Waals surface area contributed by atoms with Crippen LogP contribution in [-0.4, -0.2) is 38.0 Å². The summed E-state index contributed by atoms with van der Waals surface area (Å²) in [4.78, 5) is 1.54. The number of morpholine rings is 1. The van der Waals surface area contributed by atoms with Gasteiger partial charge in [0.25, 0.3) is 0 Å². The van der Waals surface area contributed by atoms with Crippen LogP contribution in [0.15, 0.2) is 28.7 Å². The van der Waals surface area contributed by atoms with Crippen LogP contribution >= 0.6 is 15.9 Å². The molecule has 0 unspecified atom stereocenters. The van der Waals surface area contributed by atoms with Gasteiger partial charge in [-0.2, -0.15) is 0 Å². The van der Waals surface area contributed by atoms with Crippen molar-refractivity contribution in [3.05, 3.63) is 34.3 Å². The quantitative estimate of drug-likeness (QED) is 0.855. The number of ether oxygens (including phenoxy) is 1. The lowest BCUT2D eigenvalue weighted by Gasteiger charge is -2.31. The van der Waals surface area contributed by atoms with E-state index >= 15 is 0 Å². The maximum Gasteiger partial charge on any atom is 0.101 e.